The average molecular weight is 219 g/mol. The third kappa shape index (κ3) is 2.36. The van der Waals surface area contributed by atoms with E-state index >= 15 is 0 Å². The first-order chi connectivity index (χ1) is 6.56. The van der Waals surface area contributed by atoms with Gasteiger partial charge in [0, 0.05) is 17.1 Å². The maximum absolute atomic E-state index is 13.4. The van der Waals surface area contributed by atoms with Crippen molar-refractivity contribution in [3.8, 4) is 5.75 Å². The van der Waals surface area contributed by atoms with Crippen LogP contribution in [0.1, 0.15) is 5.56 Å². The topological polar surface area (TPSA) is 75.7 Å². The molecule has 0 aliphatic rings. The highest BCUT2D eigenvalue weighted by Crippen LogP contribution is 2.26. The number of hydrogen-bond donors (Lipinski definition) is 3. The predicted octanol–water partition coefficient (Wildman–Crippen LogP) is 0.286. The molecule has 0 fully saturated rings. The molecule has 0 bridgehead atoms. The summed E-state index contributed by atoms with van der Waals surface area (Å²) in [6, 6.07) is 2.56. The summed E-state index contributed by atoms with van der Waals surface area (Å²) in [4.78, 5) is 0. The van der Waals surface area contributed by atoms with Crippen molar-refractivity contribution in [2.45, 2.75) is 6.54 Å². The molecule has 0 saturated heterocycles. The molecule has 0 radical (unpaired) electrons. The summed E-state index contributed by atoms with van der Waals surface area (Å²) in [7, 11) is -2.07. The molecule has 1 aromatic carbocycles. The molecule has 4 nitrogen and oxygen atoms in total. The van der Waals surface area contributed by atoms with Crippen LogP contribution in [0, 0.1) is 5.82 Å². The molecule has 1 aromatic rings. The molecule has 14 heavy (non-hydrogen) atoms. The second-order valence-electron chi connectivity index (χ2n) is 2.49. The molecule has 0 saturated carbocycles. The van der Waals surface area contributed by atoms with Crippen LogP contribution in [0.4, 0.5) is 4.39 Å². The number of benzene rings is 1. The monoisotopic (exact) mass is 219 g/mol. The lowest BCUT2D eigenvalue weighted by molar-refractivity contribution is 0.281. The fourth-order valence-corrected chi connectivity index (χ4v) is 1.19. The van der Waals surface area contributed by atoms with Gasteiger partial charge in [-0.05, 0) is 12.1 Å². The minimum Gasteiger partial charge on any atom is -0.510 e. The van der Waals surface area contributed by atoms with Gasteiger partial charge in [0.1, 0.15) is 5.75 Å². The Kier molecular flexibility index (Phi) is 3.71. The first kappa shape index (κ1) is 11.3. The smallest absolute Gasteiger partial charge is 0.510 e. The van der Waals surface area contributed by atoms with Gasteiger partial charge in [0.25, 0.3) is 0 Å². The van der Waals surface area contributed by atoms with Crippen molar-refractivity contribution in [1.82, 2.24) is 0 Å². The van der Waals surface area contributed by atoms with Gasteiger partial charge in [0.2, 0.25) is 0 Å². The quantitative estimate of drug-likeness (QED) is 0.639. The summed E-state index contributed by atoms with van der Waals surface area (Å²) in [6.45, 7) is -0.0939. The zero-order valence-corrected chi connectivity index (χ0v) is 7.83. The van der Waals surface area contributed by atoms with Crippen molar-refractivity contribution in [2.75, 3.05) is 0 Å². The maximum Gasteiger partial charge on any atom is 0.707 e. The Balaban J connectivity index is 3.08. The summed E-state index contributed by atoms with van der Waals surface area (Å²) in [6.07, 6.45) is 0. The van der Waals surface area contributed by atoms with Crippen molar-refractivity contribution < 1.29 is 19.1 Å². The van der Waals surface area contributed by atoms with Gasteiger partial charge in [-0.15, -0.1) is 0 Å². The van der Waals surface area contributed by atoms with Crippen molar-refractivity contribution >= 4 is 18.9 Å². The molecule has 0 aromatic heterocycles. The Morgan fingerprint density at radius 3 is 2.64 bits per heavy atom. The zero-order chi connectivity index (χ0) is 10.7. The van der Waals surface area contributed by atoms with E-state index in [0.717, 1.165) is 0 Å². The highest BCUT2D eigenvalue weighted by Gasteiger charge is 2.17. The number of halogens is 2. The summed E-state index contributed by atoms with van der Waals surface area (Å²) in [5.41, 5.74) is 5.32. The fraction of sp³-hybridized carbons (Fsp3) is 0.143. The molecule has 0 atom stereocenters. The summed E-state index contributed by atoms with van der Waals surface area (Å²) in [5, 5.41) is 17.1. The fourth-order valence-electron chi connectivity index (χ4n) is 0.968. The van der Waals surface area contributed by atoms with E-state index in [4.69, 9.17) is 27.4 Å². The van der Waals surface area contributed by atoms with Crippen molar-refractivity contribution in [3.05, 3.63) is 28.5 Å². The van der Waals surface area contributed by atoms with E-state index in [0.29, 0.717) is 0 Å². The van der Waals surface area contributed by atoms with Gasteiger partial charge in [-0.2, -0.15) is 0 Å². The number of hydrogen-bond acceptors (Lipinski definition) is 4. The van der Waals surface area contributed by atoms with Gasteiger partial charge in [0.05, 0.1) is 0 Å². The molecule has 7 heteroatoms. The van der Waals surface area contributed by atoms with E-state index in [-0.39, 0.29) is 22.9 Å². The first-order valence-corrected chi connectivity index (χ1v) is 4.13. The zero-order valence-electron chi connectivity index (χ0n) is 7.08. The van der Waals surface area contributed by atoms with E-state index in [9.17, 15) is 4.39 Å². The largest absolute Gasteiger partial charge is 0.707 e. The van der Waals surface area contributed by atoms with Crippen molar-refractivity contribution in [2.24, 2.45) is 5.73 Å². The molecular weight excluding hydrogens is 211 g/mol. The number of rotatable bonds is 3. The number of nitrogens with two attached hydrogens (primary N) is 1. The van der Waals surface area contributed by atoms with E-state index < -0.39 is 13.1 Å². The Bertz CT molecular complexity index is 337. The summed E-state index contributed by atoms with van der Waals surface area (Å²) < 4.78 is 17.7. The summed E-state index contributed by atoms with van der Waals surface area (Å²) >= 11 is 5.64. The minimum atomic E-state index is -2.07. The minimum absolute atomic E-state index is 0.0739. The molecule has 0 spiro atoms. The Morgan fingerprint density at radius 1 is 1.50 bits per heavy atom. The maximum atomic E-state index is 13.4. The van der Waals surface area contributed by atoms with E-state index in [1.807, 2.05) is 0 Å². The van der Waals surface area contributed by atoms with Gasteiger partial charge in [-0.3, -0.25) is 0 Å². The average Bonchev–Trinajstić information content (AvgIpc) is 2.10. The molecule has 0 unspecified atom stereocenters. The molecule has 0 aliphatic carbocycles. The lowest BCUT2D eigenvalue weighted by atomic mass is 10.1. The Hall–Kier alpha value is -0.815. The van der Waals surface area contributed by atoms with Crippen LogP contribution in [-0.2, 0) is 6.54 Å². The SMILES string of the molecule is NCc1c(Cl)ccc(OB(O)O)c1F. The lowest BCUT2D eigenvalue weighted by Crippen LogP contribution is -2.21. The van der Waals surface area contributed by atoms with Gasteiger partial charge in [0.15, 0.2) is 5.82 Å². The van der Waals surface area contributed by atoms with Gasteiger partial charge < -0.3 is 20.4 Å². The van der Waals surface area contributed by atoms with Crippen LogP contribution in [0.5, 0.6) is 5.75 Å². The summed E-state index contributed by atoms with van der Waals surface area (Å²) in [5.74, 6) is -1.09. The highest BCUT2D eigenvalue weighted by molar-refractivity contribution is 6.34. The van der Waals surface area contributed by atoms with Gasteiger partial charge in [-0.1, -0.05) is 11.6 Å². The van der Waals surface area contributed by atoms with Crippen LogP contribution < -0.4 is 10.4 Å². The van der Waals surface area contributed by atoms with Gasteiger partial charge in [-0.25, -0.2) is 4.39 Å². The predicted molar refractivity (Wildman–Crippen MR) is 50.1 cm³/mol. The van der Waals surface area contributed by atoms with Gasteiger partial charge >= 0.3 is 7.32 Å². The third-order valence-corrected chi connectivity index (χ3v) is 1.94. The Morgan fingerprint density at radius 2 is 2.14 bits per heavy atom. The molecule has 76 valence electrons. The highest BCUT2D eigenvalue weighted by atomic mass is 35.5. The second-order valence-corrected chi connectivity index (χ2v) is 2.89. The molecule has 1 rings (SSSR count). The first-order valence-electron chi connectivity index (χ1n) is 3.76. The van der Waals surface area contributed by atoms with Crippen LogP contribution in [0.3, 0.4) is 0 Å². The lowest BCUT2D eigenvalue weighted by Gasteiger charge is -2.09. The van der Waals surface area contributed by atoms with Crippen molar-refractivity contribution in [1.29, 1.82) is 0 Å². The van der Waals surface area contributed by atoms with E-state index in [1.54, 1.807) is 0 Å². The van der Waals surface area contributed by atoms with Crippen LogP contribution in [-0.4, -0.2) is 17.4 Å². The standard InChI is InChI=1S/C7H8BClFNO3/c9-5-1-2-6(14-8(12)13)7(10)4(5)3-11/h1-2,12-13H,3,11H2. The molecule has 0 amide bonds. The van der Waals surface area contributed by atoms with Crippen molar-refractivity contribution in [3.63, 3.8) is 0 Å². The third-order valence-electron chi connectivity index (χ3n) is 1.59. The van der Waals surface area contributed by atoms with Crippen LogP contribution in [0.2, 0.25) is 5.02 Å². The van der Waals surface area contributed by atoms with Crippen LogP contribution in [0.15, 0.2) is 12.1 Å². The second kappa shape index (κ2) is 4.61. The van der Waals surface area contributed by atoms with E-state index in [2.05, 4.69) is 4.65 Å². The van der Waals surface area contributed by atoms with Crippen LogP contribution >= 0.6 is 11.6 Å². The molecular formula is C7H8BClFNO3. The normalized spacial score (nSPS) is 10.1. The molecule has 4 N–H and O–H groups in total. The molecule has 0 aliphatic heterocycles. The Labute approximate surface area is 85.2 Å². The van der Waals surface area contributed by atoms with Crippen LogP contribution in [0.25, 0.3) is 0 Å². The molecule has 0 heterocycles. The van der Waals surface area contributed by atoms with E-state index in [1.165, 1.54) is 12.1 Å².